The van der Waals surface area contributed by atoms with E-state index < -0.39 is 0 Å². The van der Waals surface area contributed by atoms with Crippen LogP contribution < -0.4 is 0 Å². The summed E-state index contributed by atoms with van der Waals surface area (Å²) in [4.78, 5) is 0. The number of H-pyrrole nitrogens is 1. The highest BCUT2D eigenvalue weighted by molar-refractivity contribution is 7.71. The molecule has 0 bridgehead atoms. The highest BCUT2D eigenvalue weighted by Crippen LogP contribution is 2.22. The summed E-state index contributed by atoms with van der Waals surface area (Å²) in [5.41, 5.74) is 2.71. The molecule has 0 radical (unpaired) electrons. The van der Waals surface area contributed by atoms with E-state index in [1.807, 2.05) is 22.9 Å². The zero-order chi connectivity index (χ0) is 13.3. The Morgan fingerprint density at radius 1 is 1.22 bits per heavy atom. The summed E-state index contributed by atoms with van der Waals surface area (Å²) >= 11 is 5.35. The average molecular weight is 257 g/mol. The molecule has 0 fully saturated rings. The molecule has 0 amide bonds. The number of aromatic amines is 1. The first-order valence-electron chi connectivity index (χ1n) is 5.75. The minimum Gasteiger partial charge on any atom is -0.296 e. The van der Waals surface area contributed by atoms with Crippen LogP contribution in [0.5, 0.6) is 0 Å². The van der Waals surface area contributed by atoms with Crippen LogP contribution in [-0.4, -0.2) is 9.78 Å². The minimum absolute atomic E-state index is 0.0331. The molecule has 1 N–H and O–H groups in total. The lowest BCUT2D eigenvalue weighted by Crippen LogP contribution is -2.12. The maximum Gasteiger partial charge on any atom is 0.127 e. The Bertz CT molecular complexity index is 648. The van der Waals surface area contributed by atoms with Gasteiger partial charge in [-0.15, -0.1) is 0 Å². The largest absolute Gasteiger partial charge is 0.296 e. The van der Waals surface area contributed by atoms with Crippen molar-refractivity contribution in [3.8, 4) is 11.8 Å². The van der Waals surface area contributed by atoms with Crippen molar-refractivity contribution in [2.45, 2.75) is 26.2 Å². The van der Waals surface area contributed by atoms with E-state index >= 15 is 0 Å². The molecule has 18 heavy (non-hydrogen) atoms. The smallest absolute Gasteiger partial charge is 0.127 e. The highest BCUT2D eigenvalue weighted by atomic mass is 32.1. The third-order valence-corrected chi connectivity index (χ3v) is 3.08. The van der Waals surface area contributed by atoms with Crippen LogP contribution in [-0.2, 0) is 5.41 Å². The first-order chi connectivity index (χ1) is 8.41. The number of hydrogen-bond acceptors (Lipinski definition) is 2. The molecule has 0 unspecified atom stereocenters. The fourth-order valence-corrected chi connectivity index (χ4v) is 1.93. The average Bonchev–Trinajstić information content (AvgIpc) is 2.71. The highest BCUT2D eigenvalue weighted by Gasteiger charge is 2.16. The van der Waals surface area contributed by atoms with Gasteiger partial charge in [0, 0.05) is 11.1 Å². The van der Waals surface area contributed by atoms with Gasteiger partial charge in [-0.25, -0.2) is 4.68 Å². The normalized spacial score (nSPS) is 11.2. The predicted molar refractivity (Wildman–Crippen MR) is 74.4 cm³/mol. The number of nitriles is 1. The quantitative estimate of drug-likeness (QED) is 0.792. The summed E-state index contributed by atoms with van der Waals surface area (Å²) in [6.07, 6.45) is 0. The predicted octanol–water partition coefficient (Wildman–Crippen LogP) is 3.70. The van der Waals surface area contributed by atoms with E-state index in [4.69, 9.17) is 17.5 Å². The second kappa shape index (κ2) is 4.43. The van der Waals surface area contributed by atoms with Crippen molar-refractivity contribution in [1.82, 2.24) is 9.78 Å². The van der Waals surface area contributed by atoms with Gasteiger partial charge in [-0.3, -0.25) is 5.10 Å². The van der Waals surface area contributed by atoms with E-state index in [0.717, 1.165) is 16.0 Å². The summed E-state index contributed by atoms with van der Waals surface area (Å²) in [6.45, 7) is 6.41. The summed E-state index contributed by atoms with van der Waals surface area (Å²) in [5, 5.41) is 12.1. The number of benzene rings is 1. The van der Waals surface area contributed by atoms with Gasteiger partial charge in [-0.2, -0.15) is 5.26 Å². The molecule has 3 nitrogen and oxygen atoms in total. The Hall–Kier alpha value is -1.86. The van der Waals surface area contributed by atoms with Gasteiger partial charge < -0.3 is 0 Å². The van der Waals surface area contributed by atoms with Gasteiger partial charge >= 0.3 is 0 Å². The Labute approximate surface area is 112 Å². The number of rotatable bonds is 1. The third-order valence-electron chi connectivity index (χ3n) is 2.78. The molecular formula is C14H15N3S. The zero-order valence-corrected chi connectivity index (χ0v) is 11.5. The van der Waals surface area contributed by atoms with Crippen LogP contribution in [0.2, 0.25) is 0 Å². The SMILES string of the molecule is CC(C)(C)c1cc(=S)n(-c2ccc(C#N)cc2)[nH]1. The molecule has 0 saturated heterocycles. The monoisotopic (exact) mass is 257 g/mol. The van der Waals surface area contributed by atoms with Crippen LogP contribution in [0.25, 0.3) is 5.69 Å². The van der Waals surface area contributed by atoms with E-state index in [1.165, 1.54) is 0 Å². The molecule has 1 heterocycles. The molecule has 2 rings (SSSR count). The molecule has 0 aliphatic carbocycles. The summed E-state index contributed by atoms with van der Waals surface area (Å²) in [5.74, 6) is 0. The molecule has 0 atom stereocenters. The van der Waals surface area contributed by atoms with Crippen molar-refractivity contribution < 1.29 is 0 Å². The van der Waals surface area contributed by atoms with Crippen LogP contribution in [0.4, 0.5) is 0 Å². The van der Waals surface area contributed by atoms with Crippen LogP contribution in [0.15, 0.2) is 30.3 Å². The Morgan fingerprint density at radius 3 is 2.28 bits per heavy atom. The summed E-state index contributed by atoms with van der Waals surface area (Å²) < 4.78 is 2.60. The summed E-state index contributed by atoms with van der Waals surface area (Å²) in [6, 6.07) is 11.4. The molecule has 1 aromatic carbocycles. The minimum atomic E-state index is 0.0331. The van der Waals surface area contributed by atoms with Crippen LogP contribution in [0.3, 0.4) is 0 Å². The van der Waals surface area contributed by atoms with E-state index in [1.54, 1.807) is 12.1 Å². The maximum absolute atomic E-state index is 8.78. The molecule has 0 saturated carbocycles. The fourth-order valence-electron chi connectivity index (χ4n) is 1.66. The van der Waals surface area contributed by atoms with E-state index in [9.17, 15) is 0 Å². The van der Waals surface area contributed by atoms with Crippen molar-refractivity contribution in [2.24, 2.45) is 0 Å². The van der Waals surface area contributed by atoms with Gasteiger partial charge in [0.05, 0.1) is 17.3 Å². The van der Waals surface area contributed by atoms with Gasteiger partial charge in [0.1, 0.15) is 4.64 Å². The van der Waals surface area contributed by atoms with Gasteiger partial charge in [-0.05, 0) is 30.3 Å². The van der Waals surface area contributed by atoms with Crippen molar-refractivity contribution >= 4 is 12.2 Å². The van der Waals surface area contributed by atoms with Crippen molar-refractivity contribution in [2.75, 3.05) is 0 Å². The first-order valence-corrected chi connectivity index (χ1v) is 6.16. The van der Waals surface area contributed by atoms with Gasteiger partial charge in [0.15, 0.2) is 0 Å². The molecule has 1 aromatic heterocycles. The second-order valence-corrected chi connectivity index (χ2v) is 5.67. The molecule has 4 heteroatoms. The number of nitrogens with one attached hydrogen (secondary N) is 1. The lowest BCUT2D eigenvalue weighted by atomic mass is 9.93. The third kappa shape index (κ3) is 2.36. The van der Waals surface area contributed by atoms with E-state index in [-0.39, 0.29) is 5.41 Å². The van der Waals surface area contributed by atoms with E-state index in [2.05, 4.69) is 31.9 Å². The summed E-state index contributed by atoms with van der Waals surface area (Å²) in [7, 11) is 0. The maximum atomic E-state index is 8.78. The van der Waals surface area contributed by atoms with Gasteiger partial charge in [-0.1, -0.05) is 33.0 Å². The Kier molecular flexibility index (Phi) is 3.10. The standard InChI is InChI=1S/C14H15N3S/c1-14(2,3)12-8-13(18)17(16-12)11-6-4-10(9-15)5-7-11/h4-8,16H,1-3H3. The van der Waals surface area contributed by atoms with Gasteiger partial charge in [0.2, 0.25) is 0 Å². The number of aromatic nitrogens is 2. The van der Waals surface area contributed by atoms with Gasteiger partial charge in [0.25, 0.3) is 0 Å². The van der Waals surface area contributed by atoms with Crippen molar-refractivity contribution in [3.05, 3.63) is 46.2 Å². The molecule has 92 valence electrons. The van der Waals surface area contributed by atoms with Crippen LogP contribution >= 0.6 is 12.2 Å². The fraction of sp³-hybridized carbons (Fsp3) is 0.286. The van der Waals surface area contributed by atoms with Crippen molar-refractivity contribution in [3.63, 3.8) is 0 Å². The second-order valence-electron chi connectivity index (χ2n) is 5.25. The zero-order valence-electron chi connectivity index (χ0n) is 10.7. The van der Waals surface area contributed by atoms with Crippen LogP contribution in [0, 0.1) is 16.0 Å². The number of nitrogens with zero attached hydrogens (tertiary/aromatic N) is 2. The molecular weight excluding hydrogens is 242 g/mol. The van der Waals surface area contributed by atoms with E-state index in [0.29, 0.717) is 5.56 Å². The molecule has 2 aromatic rings. The lowest BCUT2D eigenvalue weighted by molar-refractivity contribution is 0.560. The Morgan fingerprint density at radius 2 is 1.83 bits per heavy atom. The Balaban J connectivity index is 2.48. The van der Waals surface area contributed by atoms with Crippen molar-refractivity contribution in [1.29, 1.82) is 5.26 Å². The topological polar surface area (TPSA) is 44.5 Å². The number of hydrogen-bond donors (Lipinski definition) is 1. The van der Waals surface area contributed by atoms with Crippen LogP contribution in [0.1, 0.15) is 32.0 Å². The first kappa shape index (κ1) is 12.6. The molecule has 0 aliphatic heterocycles. The molecule has 0 spiro atoms. The lowest BCUT2D eigenvalue weighted by Gasteiger charge is -2.15. The molecule has 0 aliphatic rings.